The molecular formula is C18H14Cl2N2O2. The first-order valence-corrected chi connectivity index (χ1v) is 8.02. The Hall–Kier alpha value is -2.30. The highest BCUT2D eigenvalue weighted by molar-refractivity contribution is 6.42. The normalized spacial score (nSPS) is 17.3. The fourth-order valence-corrected chi connectivity index (χ4v) is 2.93. The zero-order valence-electron chi connectivity index (χ0n) is 12.8. The van der Waals surface area contributed by atoms with Crippen molar-refractivity contribution in [2.75, 3.05) is 0 Å². The number of carbonyl (C=O) groups is 1. The van der Waals surface area contributed by atoms with E-state index < -0.39 is 12.0 Å². The van der Waals surface area contributed by atoms with Crippen LogP contribution < -0.4 is 5.32 Å². The van der Waals surface area contributed by atoms with Crippen LogP contribution in [0.2, 0.25) is 10.0 Å². The van der Waals surface area contributed by atoms with Crippen LogP contribution in [0, 0.1) is 0 Å². The van der Waals surface area contributed by atoms with Gasteiger partial charge in [0.2, 0.25) is 0 Å². The van der Waals surface area contributed by atoms with Gasteiger partial charge in [0.1, 0.15) is 11.9 Å². The summed E-state index contributed by atoms with van der Waals surface area (Å²) < 4.78 is 0. The molecule has 1 unspecified atom stereocenters. The molecule has 122 valence electrons. The van der Waals surface area contributed by atoms with Gasteiger partial charge < -0.3 is 10.4 Å². The number of nitrogens with one attached hydrogen (secondary N) is 1. The predicted octanol–water partition coefficient (Wildman–Crippen LogP) is 4.44. The lowest BCUT2D eigenvalue weighted by molar-refractivity contribution is -0.133. The summed E-state index contributed by atoms with van der Waals surface area (Å²) in [5.41, 5.74) is 2.29. The van der Waals surface area contributed by atoms with Gasteiger partial charge in [-0.1, -0.05) is 59.6 Å². The molecule has 0 amide bonds. The monoisotopic (exact) mass is 360 g/mol. The Morgan fingerprint density at radius 3 is 2.46 bits per heavy atom. The minimum atomic E-state index is -1.02. The van der Waals surface area contributed by atoms with Crippen molar-refractivity contribution < 1.29 is 9.90 Å². The number of hydrogen-bond donors (Lipinski definition) is 2. The minimum absolute atomic E-state index is 0.188. The number of amidine groups is 1. The summed E-state index contributed by atoms with van der Waals surface area (Å²) in [6.07, 6.45) is 0. The molecule has 0 aromatic heterocycles. The Labute approximate surface area is 149 Å². The number of aliphatic carboxylic acids is 1. The summed E-state index contributed by atoms with van der Waals surface area (Å²) in [4.78, 5) is 16.3. The number of nitrogens with zero attached hydrogens (tertiary/aromatic N) is 1. The van der Waals surface area contributed by atoms with Gasteiger partial charge in [0.25, 0.3) is 0 Å². The molecule has 2 aromatic carbocycles. The van der Waals surface area contributed by atoms with Crippen molar-refractivity contribution in [1.29, 1.82) is 0 Å². The lowest BCUT2D eigenvalue weighted by atomic mass is 9.95. The van der Waals surface area contributed by atoms with Crippen molar-refractivity contribution in [3.05, 3.63) is 81.0 Å². The molecule has 0 radical (unpaired) electrons. The number of allylic oxidation sites excluding steroid dienone is 1. The molecule has 0 aliphatic carbocycles. The van der Waals surface area contributed by atoms with E-state index in [1.807, 2.05) is 30.3 Å². The number of benzene rings is 2. The molecule has 2 N–H and O–H groups in total. The molecule has 1 atom stereocenters. The largest absolute Gasteiger partial charge is 0.478 e. The van der Waals surface area contributed by atoms with E-state index in [1.54, 1.807) is 25.1 Å². The van der Waals surface area contributed by atoms with Gasteiger partial charge in [0.15, 0.2) is 0 Å². The van der Waals surface area contributed by atoms with E-state index in [4.69, 9.17) is 23.2 Å². The highest BCUT2D eigenvalue weighted by atomic mass is 35.5. The molecule has 6 heteroatoms. The molecule has 2 aromatic rings. The van der Waals surface area contributed by atoms with Crippen LogP contribution in [0.1, 0.15) is 24.1 Å². The number of halogens is 2. The molecule has 3 rings (SSSR count). The summed E-state index contributed by atoms with van der Waals surface area (Å²) in [5, 5.41) is 13.5. The lowest BCUT2D eigenvalue weighted by Gasteiger charge is -2.25. The third kappa shape index (κ3) is 3.16. The average Bonchev–Trinajstić information content (AvgIpc) is 2.57. The quantitative estimate of drug-likeness (QED) is 0.850. The Morgan fingerprint density at radius 2 is 1.83 bits per heavy atom. The number of carboxylic acids is 1. The number of carboxylic acid groups (broad SMARTS) is 1. The standard InChI is InChI=1S/C18H14Cl2N2O2/c1-10-15(18(23)24)16(12-7-8-13(19)14(20)9-12)22-17(21-10)11-5-3-2-4-6-11/h2-9,16H,1H3,(H,21,22)(H,23,24). The van der Waals surface area contributed by atoms with Crippen LogP contribution in [0.5, 0.6) is 0 Å². The van der Waals surface area contributed by atoms with Crippen molar-refractivity contribution in [2.24, 2.45) is 4.99 Å². The van der Waals surface area contributed by atoms with E-state index in [1.165, 1.54) is 0 Å². The van der Waals surface area contributed by atoms with Gasteiger partial charge in [0, 0.05) is 11.3 Å². The second-order valence-corrected chi connectivity index (χ2v) is 6.20. The van der Waals surface area contributed by atoms with E-state index in [0.29, 0.717) is 27.1 Å². The van der Waals surface area contributed by atoms with Crippen molar-refractivity contribution in [3.63, 3.8) is 0 Å². The zero-order valence-corrected chi connectivity index (χ0v) is 14.3. The third-order valence-electron chi connectivity index (χ3n) is 3.78. The van der Waals surface area contributed by atoms with E-state index in [9.17, 15) is 9.90 Å². The molecule has 4 nitrogen and oxygen atoms in total. The van der Waals surface area contributed by atoms with Crippen LogP contribution in [0.4, 0.5) is 0 Å². The summed E-state index contributed by atoms with van der Waals surface area (Å²) in [7, 11) is 0. The van der Waals surface area contributed by atoms with Crippen LogP contribution in [-0.2, 0) is 4.79 Å². The molecule has 1 heterocycles. The van der Waals surface area contributed by atoms with Crippen LogP contribution in [0.25, 0.3) is 0 Å². The fraction of sp³-hybridized carbons (Fsp3) is 0.111. The van der Waals surface area contributed by atoms with Crippen LogP contribution in [0.15, 0.2) is 64.8 Å². The second kappa shape index (κ2) is 6.67. The SMILES string of the molecule is CC1=C(C(=O)O)C(c2ccc(Cl)c(Cl)c2)N=C(c2ccccc2)N1. The molecule has 0 spiro atoms. The maximum absolute atomic E-state index is 11.7. The Bertz CT molecular complexity index is 861. The highest BCUT2D eigenvalue weighted by Gasteiger charge is 2.29. The smallest absolute Gasteiger partial charge is 0.335 e. The van der Waals surface area contributed by atoms with E-state index in [-0.39, 0.29) is 5.57 Å². The summed E-state index contributed by atoms with van der Waals surface area (Å²) in [6.45, 7) is 1.73. The van der Waals surface area contributed by atoms with Gasteiger partial charge in [-0.3, -0.25) is 4.99 Å². The molecule has 0 bridgehead atoms. The van der Waals surface area contributed by atoms with Gasteiger partial charge in [0.05, 0.1) is 15.6 Å². The fourth-order valence-electron chi connectivity index (χ4n) is 2.62. The Balaban J connectivity index is 2.12. The average molecular weight is 361 g/mol. The Kier molecular flexibility index (Phi) is 4.60. The van der Waals surface area contributed by atoms with Crippen molar-refractivity contribution >= 4 is 35.0 Å². The second-order valence-electron chi connectivity index (χ2n) is 5.39. The first-order chi connectivity index (χ1) is 11.5. The zero-order chi connectivity index (χ0) is 17.3. The predicted molar refractivity (Wildman–Crippen MR) is 95.7 cm³/mol. The van der Waals surface area contributed by atoms with E-state index in [0.717, 1.165) is 5.56 Å². The van der Waals surface area contributed by atoms with E-state index >= 15 is 0 Å². The number of hydrogen-bond acceptors (Lipinski definition) is 3. The molecule has 1 aliphatic rings. The summed E-state index contributed by atoms with van der Waals surface area (Å²) >= 11 is 12.1. The Morgan fingerprint density at radius 1 is 1.12 bits per heavy atom. The van der Waals surface area contributed by atoms with Crippen LogP contribution in [0.3, 0.4) is 0 Å². The first-order valence-electron chi connectivity index (χ1n) is 7.26. The molecule has 0 saturated carbocycles. The molecule has 1 aliphatic heterocycles. The molecule has 0 fully saturated rings. The maximum Gasteiger partial charge on any atom is 0.335 e. The summed E-state index contributed by atoms with van der Waals surface area (Å²) in [6, 6.07) is 13.9. The third-order valence-corrected chi connectivity index (χ3v) is 4.52. The van der Waals surface area contributed by atoms with Gasteiger partial charge >= 0.3 is 5.97 Å². The van der Waals surface area contributed by atoms with Gasteiger partial charge in [-0.25, -0.2) is 4.79 Å². The number of aliphatic imine (C=N–C) groups is 1. The molecule has 0 saturated heterocycles. The van der Waals surface area contributed by atoms with Crippen LogP contribution in [-0.4, -0.2) is 16.9 Å². The highest BCUT2D eigenvalue weighted by Crippen LogP contribution is 2.34. The molecule has 24 heavy (non-hydrogen) atoms. The summed E-state index contributed by atoms with van der Waals surface area (Å²) in [5.74, 6) is -0.402. The van der Waals surface area contributed by atoms with Gasteiger partial charge in [-0.2, -0.15) is 0 Å². The number of rotatable bonds is 3. The van der Waals surface area contributed by atoms with E-state index in [2.05, 4.69) is 10.3 Å². The van der Waals surface area contributed by atoms with Crippen LogP contribution >= 0.6 is 23.2 Å². The minimum Gasteiger partial charge on any atom is -0.478 e. The topological polar surface area (TPSA) is 61.7 Å². The van der Waals surface area contributed by atoms with Gasteiger partial charge in [-0.05, 0) is 24.6 Å². The lowest BCUT2D eigenvalue weighted by Crippen LogP contribution is -2.32. The van der Waals surface area contributed by atoms with Crippen molar-refractivity contribution in [2.45, 2.75) is 13.0 Å². The maximum atomic E-state index is 11.7. The first kappa shape index (κ1) is 16.6. The van der Waals surface area contributed by atoms with Gasteiger partial charge in [-0.15, -0.1) is 0 Å². The van der Waals surface area contributed by atoms with Crippen molar-refractivity contribution in [3.8, 4) is 0 Å². The van der Waals surface area contributed by atoms with Crippen molar-refractivity contribution in [1.82, 2.24) is 5.32 Å². The molecular weight excluding hydrogens is 347 g/mol.